The number of hydrogen-bond donors (Lipinski definition) is 0. The van der Waals surface area contributed by atoms with E-state index in [1.165, 1.54) is 0 Å². The van der Waals surface area contributed by atoms with Crippen LogP contribution >= 0.6 is 11.6 Å². The Bertz CT molecular complexity index is 732. The lowest BCUT2D eigenvalue weighted by molar-refractivity contribution is 0.0730. The second-order valence-corrected chi connectivity index (χ2v) is 5.67. The summed E-state index contributed by atoms with van der Waals surface area (Å²) in [5.74, 6) is -1.96. The van der Waals surface area contributed by atoms with E-state index in [1.807, 2.05) is 0 Å². The molecule has 1 aromatic carbocycles. The molecule has 0 spiro atoms. The number of hydrogen-bond acceptors (Lipinski definition) is 3. The zero-order chi connectivity index (χ0) is 15.9. The van der Waals surface area contributed by atoms with Crippen LogP contribution in [0.5, 0.6) is 0 Å². The van der Waals surface area contributed by atoms with E-state index in [0.29, 0.717) is 18.0 Å². The van der Waals surface area contributed by atoms with Crippen LogP contribution in [0.2, 0.25) is 5.02 Å². The van der Waals surface area contributed by atoms with Crippen molar-refractivity contribution in [3.63, 3.8) is 0 Å². The van der Waals surface area contributed by atoms with Crippen LogP contribution in [0.4, 0.5) is 8.78 Å². The predicted octanol–water partition coefficient (Wildman–Crippen LogP) is 3.89. The Labute approximate surface area is 130 Å². The van der Waals surface area contributed by atoms with Crippen molar-refractivity contribution in [1.29, 1.82) is 0 Å². The summed E-state index contributed by atoms with van der Waals surface area (Å²) in [6.45, 7) is 2.27. The quantitative estimate of drug-likeness (QED) is 0.786. The van der Waals surface area contributed by atoms with Gasteiger partial charge >= 0.3 is 0 Å². The van der Waals surface area contributed by atoms with Crippen LogP contribution in [0, 0.1) is 18.6 Å². The lowest BCUT2D eigenvalue weighted by Gasteiger charge is -2.23. The molecule has 0 N–H and O–H groups in total. The Hall–Kier alpha value is -1.95. The molecule has 1 saturated heterocycles. The molecule has 1 amide bonds. The molecular weight excluding hydrogens is 314 g/mol. The third-order valence-corrected chi connectivity index (χ3v) is 4.05. The molecule has 0 aliphatic carbocycles. The fourth-order valence-corrected chi connectivity index (χ4v) is 2.93. The first kappa shape index (κ1) is 15.0. The molecule has 0 unspecified atom stereocenters. The van der Waals surface area contributed by atoms with E-state index in [9.17, 15) is 13.6 Å². The summed E-state index contributed by atoms with van der Waals surface area (Å²) in [6, 6.07) is 3.18. The number of nitrogens with zero attached hydrogens (tertiary/aromatic N) is 2. The first-order chi connectivity index (χ1) is 10.5. The van der Waals surface area contributed by atoms with Gasteiger partial charge in [0.05, 0.1) is 16.6 Å². The molecule has 1 fully saturated rings. The molecule has 2 heterocycles. The minimum Gasteiger partial charge on any atom is -0.361 e. The van der Waals surface area contributed by atoms with Gasteiger partial charge in [0.2, 0.25) is 0 Å². The van der Waals surface area contributed by atoms with Crippen molar-refractivity contribution in [2.45, 2.75) is 25.8 Å². The predicted molar refractivity (Wildman–Crippen MR) is 75.6 cm³/mol. The number of amides is 1. The van der Waals surface area contributed by atoms with E-state index in [-0.39, 0.29) is 16.6 Å². The maximum absolute atomic E-state index is 13.4. The van der Waals surface area contributed by atoms with Crippen molar-refractivity contribution in [3.8, 4) is 0 Å². The number of aryl methyl sites for hydroxylation is 1. The fourth-order valence-electron chi connectivity index (χ4n) is 2.70. The first-order valence-electron chi connectivity index (χ1n) is 6.86. The molecule has 0 saturated carbocycles. The van der Waals surface area contributed by atoms with E-state index in [4.69, 9.17) is 16.1 Å². The summed E-state index contributed by atoms with van der Waals surface area (Å²) in [5.41, 5.74) is 0.606. The number of aromatic nitrogens is 1. The van der Waals surface area contributed by atoms with Crippen LogP contribution < -0.4 is 0 Å². The monoisotopic (exact) mass is 326 g/mol. The number of halogens is 3. The third-order valence-electron chi connectivity index (χ3n) is 3.74. The summed E-state index contributed by atoms with van der Waals surface area (Å²) < 4.78 is 31.6. The van der Waals surface area contributed by atoms with Gasteiger partial charge in [-0.05, 0) is 31.9 Å². The summed E-state index contributed by atoms with van der Waals surface area (Å²) >= 11 is 5.88. The lowest BCUT2D eigenvalue weighted by Crippen LogP contribution is -2.31. The third kappa shape index (κ3) is 2.59. The summed E-state index contributed by atoms with van der Waals surface area (Å²) in [4.78, 5) is 14.2. The zero-order valence-electron chi connectivity index (χ0n) is 11.8. The van der Waals surface area contributed by atoms with Crippen LogP contribution in [0.15, 0.2) is 22.7 Å². The van der Waals surface area contributed by atoms with Crippen molar-refractivity contribution in [2.75, 3.05) is 6.54 Å². The number of likely N-dealkylation sites (tertiary alicyclic amines) is 1. The van der Waals surface area contributed by atoms with Gasteiger partial charge in [0, 0.05) is 12.6 Å². The molecule has 2 aromatic rings. The van der Waals surface area contributed by atoms with Gasteiger partial charge < -0.3 is 9.42 Å². The standard InChI is InChI=1S/C15H13ClF2N2O2/c1-8-5-13(19-22-8)14-3-2-4-20(14)15(21)9-6-11(17)12(18)7-10(9)16/h5-7,14H,2-4H2,1H3/t14-/m1/s1. The Morgan fingerprint density at radius 2 is 2.09 bits per heavy atom. The highest BCUT2D eigenvalue weighted by Crippen LogP contribution is 2.34. The van der Waals surface area contributed by atoms with Crippen LogP contribution in [0.25, 0.3) is 0 Å². The SMILES string of the molecule is Cc1cc([C@H]2CCCN2C(=O)c2cc(F)c(F)cc2Cl)no1. The molecule has 1 aliphatic heterocycles. The van der Waals surface area contributed by atoms with Crippen molar-refractivity contribution >= 4 is 17.5 Å². The first-order valence-corrected chi connectivity index (χ1v) is 7.24. The van der Waals surface area contributed by atoms with Gasteiger partial charge in [-0.2, -0.15) is 0 Å². The van der Waals surface area contributed by atoms with Gasteiger partial charge in [-0.15, -0.1) is 0 Å². The van der Waals surface area contributed by atoms with Gasteiger partial charge in [0.25, 0.3) is 5.91 Å². The molecule has 1 aliphatic rings. The molecule has 116 valence electrons. The van der Waals surface area contributed by atoms with E-state index in [1.54, 1.807) is 17.9 Å². The van der Waals surface area contributed by atoms with Crippen molar-refractivity contribution in [1.82, 2.24) is 10.1 Å². The molecule has 3 rings (SSSR count). The minimum absolute atomic E-state index is 0.0484. The number of carbonyl (C=O) groups is 1. The number of rotatable bonds is 2. The van der Waals surface area contributed by atoms with Crippen molar-refractivity contribution in [2.24, 2.45) is 0 Å². The average molecular weight is 327 g/mol. The second kappa shape index (κ2) is 5.68. The summed E-state index contributed by atoms with van der Waals surface area (Å²) in [5, 5.41) is 3.84. The molecular formula is C15H13ClF2N2O2. The maximum Gasteiger partial charge on any atom is 0.256 e. The molecule has 1 aromatic heterocycles. The fraction of sp³-hybridized carbons (Fsp3) is 0.333. The minimum atomic E-state index is -1.10. The summed E-state index contributed by atoms with van der Waals surface area (Å²) in [6.07, 6.45) is 1.53. The van der Waals surface area contributed by atoms with E-state index < -0.39 is 17.5 Å². The van der Waals surface area contributed by atoms with E-state index in [2.05, 4.69) is 5.16 Å². The number of carbonyl (C=O) groups excluding carboxylic acids is 1. The van der Waals surface area contributed by atoms with Gasteiger partial charge in [0.15, 0.2) is 11.6 Å². The zero-order valence-corrected chi connectivity index (χ0v) is 12.5. The van der Waals surface area contributed by atoms with Crippen LogP contribution in [0.1, 0.15) is 40.7 Å². The van der Waals surface area contributed by atoms with Crippen LogP contribution in [-0.4, -0.2) is 22.5 Å². The highest BCUT2D eigenvalue weighted by Gasteiger charge is 2.33. The average Bonchev–Trinajstić information content (AvgIpc) is 3.10. The van der Waals surface area contributed by atoms with Gasteiger partial charge in [-0.25, -0.2) is 8.78 Å². The Balaban J connectivity index is 1.92. The molecule has 22 heavy (non-hydrogen) atoms. The molecule has 1 atom stereocenters. The maximum atomic E-state index is 13.4. The molecule has 0 bridgehead atoms. The van der Waals surface area contributed by atoms with Gasteiger partial charge in [-0.1, -0.05) is 16.8 Å². The highest BCUT2D eigenvalue weighted by atomic mass is 35.5. The van der Waals surface area contributed by atoms with E-state index in [0.717, 1.165) is 25.0 Å². The normalized spacial score (nSPS) is 18.0. The Morgan fingerprint density at radius 1 is 1.36 bits per heavy atom. The largest absolute Gasteiger partial charge is 0.361 e. The van der Waals surface area contributed by atoms with Gasteiger partial charge in [0.1, 0.15) is 11.5 Å². The van der Waals surface area contributed by atoms with Crippen molar-refractivity contribution < 1.29 is 18.1 Å². The molecule has 0 radical (unpaired) electrons. The number of benzene rings is 1. The molecule has 4 nitrogen and oxygen atoms in total. The van der Waals surface area contributed by atoms with Gasteiger partial charge in [-0.3, -0.25) is 4.79 Å². The van der Waals surface area contributed by atoms with Crippen LogP contribution in [0.3, 0.4) is 0 Å². The smallest absolute Gasteiger partial charge is 0.256 e. The second-order valence-electron chi connectivity index (χ2n) is 5.27. The van der Waals surface area contributed by atoms with Crippen molar-refractivity contribution in [3.05, 3.63) is 51.9 Å². The van der Waals surface area contributed by atoms with Crippen LogP contribution in [-0.2, 0) is 0 Å². The van der Waals surface area contributed by atoms with E-state index >= 15 is 0 Å². The lowest BCUT2D eigenvalue weighted by atomic mass is 10.1. The Morgan fingerprint density at radius 3 is 2.77 bits per heavy atom. The Kier molecular flexibility index (Phi) is 3.87. The molecule has 7 heteroatoms. The summed E-state index contributed by atoms with van der Waals surface area (Å²) in [7, 11) is 0. The topological polar surface area (TPSA) is 46.3 Å². The highest BCUT2D eigenvalue weighted by molar-refractivity contribution is 6.33.